The van der Waals surface area contributed by atoms with Gasteiger partial charge < -0.3 is 10.4 Å². The van der Waals surface area contributed by atoms with Gasteiger partial charge in [-0.05, 0) is 35.7 Å². The molecular weight excluding hydrogens is 269 g/mol. The van der Waals surface area contributed by atoms with Gasteiger partial charge in [-0.2, -0.15) is 0 Å². The highest BCUT2D eigenvalue weighted by molar-refractivity contribution is 5.76. The van der Waals surface area contributed by atoms with Crippen molar-refractivity contribution in [2.45, 2.75) is 26.0 Å². The Bertz CT molecular complexity index is 628. The SMILES string of the molecule is Cc1ccccc1CNC(=O)CC(O)c1cccc(F)c1. The van der Waals surface area contributed by atoms with Gasteiger partial charge in [-0.25, -0.2) is 4.39 Å². The zero-order valence-electron chi connectivity index (χ0n) is 11.8. The Morgan fingerprint density at radius 1 is 1.24 bits per heavy atom. The molecule has 0 heterocycles. The summed E-state index contributed by atoms with van der Waals surface area (Å²) in [5.74, 6) is -0.693. The number of aliphatic hydroxyl groups excluding tert-OH is 1. The summed E-state index contributed by atoms with van der Waals surface area (Å²) >= 11 is 0. The molecule has 0 bridgehead atoms. The van der Waals surface area contributed by atoms with E-state index in [2.05, 4.69) is 5.32 Å². The van der Waals surface area contributed by atoms with Crippen LogP contribution in [0.25, 0.3) is 0 Å². The topological polar surface area (TPSA) is 49.3 Å². The van der Waals surface area contributed by atoms with Crippen molar-refractivity contribution in [2.24, 2.45) is 0 Å². The first-order chi connectivity index (χ1) is 10.1. The minimum atomic E-state index is -1.00. The lowest BCUT2D eigenvalue weighted by Crippen LogP contribution is -2.25. The predicted octanol–water partition coefficient (Wildman–Crippen LogP) is 2.87. The molecule has 0 aliphatic rings. The maximum atomic E-state index is 13.1. The number of hydrogen-bond donors (Lipinski definition) is 2. The standard InChI is InChI=1S/C17H18FNO2/c1-12-5-2-3-6-14(12)11-19-17(21)10-16(20)13-7-4-8-15(18)9-13/h2-9,16,20H,10-11H2,1H3,(H,19,21). The van der Waals surface area contributed by atoms with E-state index in [0.717, 1.165) is 11.1 Å². The zero-order chi connectivity index (χ0) is 15.2. The number of amides is 1. The maximum absolute atomic E-state index is 13.1. The Hall–Kier alpha value is -2.20. The van der Waals surface area contributed by atoms with Crippen LogP contribution in [0.5, 0.6) is 0 Å². The first-order valence-corrected chi connectivity index (χ1v) is 6.81. The van der Waals surface area contributed by atoms with E-state index in [0.29, 0.717) is 12.1 Å². The van der Waals surface area contributed by atoms with E-state index in [4.69, 9.17) is 0 Å². The summed E-state index contributed by atoms with van der Waals surface area (Å²) in [6.45, 7) is 2.39. The van der Waals surface area contributed by atoms with Crippen LogP contribution in [0.1, 0.15) is 29.2 Å². The molecule has 2 aromatic rings. The zero-order valence-corrected chi connectivity index (χ0v) is 11.8. The minimum Gasteiger partial charge on any atom is -0.388 e. The number of aryl methyl sites for hydroxylation is 1. The van der Waals surface area contributed by atoms with Crippen LogP contribution in [0, 0.1) is 12.7 Å². The Balaban J connectivity index is 1.89. The van der Waals surface area contributed by atoms with E-state index < -0.39 is 11.9 Å². The predicted molar refractivity (Wildman–Crippen MR) is 79.0 cm³/mol. The van der Waals surface area contributed by atoms with Crippen LogP contribution in [0.2, 0.25) is 0 Å². The summed E-state index contributed by atoms with van der Waals surface area (Å²) < 4.78 is 13.1. The fourth-order valence-corrected chi connectivity index (χ4v) is 2.08. The molecule has 2 N–H and O–H groups in total. The minimum absolute atomic E-state index is 0.0880. The number of halogens is 1. The van der Waals surface area contributed by atoms with Gasteiger partial charge in [0.05, 0.1) is 12.5 Å². The molecule has 2 rings (SSSR count). The number of aliphatic hydroxyl groups is 1. The van der Waals surface area contributed by atoms with Gasteiger partial charge in [0.2, 0.25) is 5.91 Å². The third kappa shape index (κ3) is 4.39. The molecule has 110 valence electrons. The molecule has 2 aromatic carbocycles. The fraction of sp³-hybridized carbons (Fsp3) is 0.235. The van der Waals surface area contributed by atoms with Crippen LogP contribution in [-0.2, 0) is 11.3 Å². The van der Waals surface area contributed by atoms with Gasteiger partial charge in [0, 0.05) is 6.54 Å². The summed E-state index contributed by atoms with van der Waals surface area (Å²) in [6.07, 6.45) is -1.09. The van der Waals surface area contributed by atoms with Crippen molar-refractivity contribution in [3.05, 3.63) is 71.0 Å². The molecule has 0 spiro atoms. The van der Waals surface area contributed by atoms with Crippen molar-refractivity contribution < 1.29 is 14.3 Å². The number of carbonyl (C=O) groups excluding carboxylic acids is 1. The van der Waals surface area contributed by atoms with Crippen LogP contribution in [0.3, 0.4) is 0 Å². The molecule has 1 atom stereocenters. The Kier molecular flexibility index (Phi) is 5.06. The van der Waals surface area contributed by atoms with Crippen molar-refractivity contribution in [3.8, 4) is 0 Å². The molecule has 0 radical (unpaired) electrons. The van der Waals surface area contributed by atoms with Crippen LogP contribution in [-0.4, -0.2) is 11.0 Å². The van der Waals surface area contributed by atoms with Crippen molar-refractivity contribution >= 4 is 5.91 Å². The van der Waals surface area contributed by atoms with E-state index in [1.54, 1.807) is 6.07 Å². The van der Waals surface area contributed by atoms with Crippen LogP contribution >= 0.6 is 0 Å². The van der Waals surface area contributed by atoms with Gasteiger partial charge >= 0.3 is 0 Å². The molecule has 21 heavy (non-hydrogen) atoms. The van der Waals surface area contributed by atoms with E-state index in [1.807, 2.05) is 31.2 Å². The number of rotatable bonds is 5. The second kappa shape index (κ2) is 6.99. The van der Waals surface area contributed by atoms with Crippen LogP contribution in [0.4, 0.5) is 4.39 Å². The van der Waals surface area contributed by atoms with E-state index in [-0.39, 0.29) is 12.3 Å². The number of carbonyl (C=O) groups is 1. The van der Waals surface area contributed by atoms with Gasteiger partial charge in [-0.3, -0.25) is 4.79 Å². The monoisotopic (exact) mass is 287 g/mol. The quantitative estimate of drug-likeness (QED) is 0.888. The average Bonchev–Trinajstić information content (AvgIpc) is 2.46. The molecule has 4 heteroatoms. The van der Waals surface area contributed by atoms with Crippen LogP contribution in [0.15, 0.2) is 48.5 Å². The smallest absolute Gasteiger partial charge is 0.223 e. The average molecular weight is 287 g/mol. The summed E-state index contributed by atoms with van der Waals surface area (Å²) in [5.41, 5.74) is 2.54. The summed E-state index contributed by atoms with van der Waals surface area (Å²) in [5, 5.41) is 12.7. The normalized spacial score (nSPS) is 12.0. The summed E-state index contributed by atoms with van der Waals surface area (Å²) in [6, 6.07) is 13.4. The first-order valence-electron chi connectivity index (χ1n) is 6.81. The highest BCUT2D eigenvalue weighted by atomic mass is 19.1. The summed E-state index contributed by atoms with van der Waals surface area (Å²) in [7, 11) is 0. The van der Waals surface area contributed by atoms with Crippen molar-refractivity contribution in [1.82, 2.24) is 5.32 Å². The molecule has 0 aliphatic heterocycles. The van der Waals surface area contributed by atoms with Gasteiger partial charge in [0.15, 0.2) is 0 Å². The molecule has 3 nitrogen and oxygen atoms in total. The molecular formula is C17H18FNO2. The Labute approximate surface area is 123 Å². The van der Waals surface area contributed by atoms with Crippen LogP contribution < -0.4 is 5.32 Å². The molecule has 0 saturated heterocycles. The lowest BCUT2D eigenvalue weighted by Gasteiger charge is -2.12. The van der Waals surface area contributed by atoms with Crippen molar-refractivity contribution in [1.29, 1.82) is 0 Å². The lowest BCUT2D eigenvalue weighted by atomic mass is 10.1. The molecule has 1 amide bonds. The second-order valence-electron chi connectivity index (χ2n) is 4.98. The Morgan fingerprint density at radius 3 is 2.71 bits per heavy atom. The fourth-order valence-electron chi connectivity index (χ4n) is 2.08. The first kappa shape index (κ1) is 15.2. The maximum Gasteiger partial charge on any atom is 0.223 e. The summed E-state index contributed by atoms with van der Waals surface area (Å²) in [4.78, 5) is 11.8. The van der Waals surface area contributed by atoms with Gasteiger partial charge in [0.1, 0.15) is 5.82 Å². The van der Waals surface area contributed by atoms with Gasteiger partial charge in [0.25, 0.3) is 0 Å². The van der Waals surface area contributed by atoms with E-state index in [9.17, 15) is 14.3 Å². The Morgan fingerprint density at radius 2 is 2.00 bits per heavy atom. The molecule has 0 saturated carbocycles. The lowest BCUT2D eigenvalue weighted by molar-refractivity contribution is -0.123. The molecule has 1 unspecified atom stereocenters. The number of benzene rings is 2. The van der Waals surface area contributed by atoms with E-state index >= 15 is 0 Å². The largest absolute Gasteiger partial charge is 0.388 e. The number of nitrogens with one attached hydrogen (secondary N) is 1. The van der Waals surface area contributed by atoms with Crippen molar-refractivity contribution in [2.75, 3.05) is 0 Å². The van der Waals surface area contributed by atoms with Gasteiger partial charge in [-0.15, -0.1) is 0 Å². The third-order valence-electron chi connectivity index (χ3n) is 3.35. The third-order valence-corrected chi connectivity index (χ3v) is 3.35. The molecule has 0 aliphatic carbocycles. The van der Waals surface area contributed by atoms with Gasteiger partial charge in [-0.1, -0.05) is 36.4 Å². The molecule has 0 fully saturated rings. The molecule has 0 aromatic heterocycles. The second-order valence-corrected chi connectivity index (χ2v) is 4.98. The van der Waals surface area contributed by atoms with E-state index in [1.165, 1.54) is 18.2 Å². The highest BCUT2D eigenvalue weighted by Crippen LogP contribution is 2.17. The highest BCUT2D eigenvalue weighted by Gasteiger charge is 2.13. The number of hydrogen-bond acceptors (Lipinski definition) is 2. The van der Waals surface area contributed by atoms with Crippen molar-refractivity contribution in [3.63, 3.8) is 0 Å².